The van der Waals surface area contributed by atoms with Gasteiger partial charge in [-0.3, -0.25) is 37.3 Å². The van der Waals surface area contributed by atoms with Crippen LogP contribution < -0.4 is 0 Å². The lowest BCUT2D eigenvalue weighted by molar-refractivity contribution is -0.161. The van der Waals surface area contributed by atoms with Crippen molar-refractivity contribution in [3.05, 3.63) is 122 Å². The predicted molar refractivity (Wildman–Crippen MR) is 418 cm³/mol. The molecule has 0 saturated carbocycles. The monoisotopic (exact) mass is 1470 g/mol. The molecule has 0 fully saturated rings. The lowest BCUT2D eigenvalue weighted by Gasteiger charge is -2.21. The van der Waals surface area contributed by atoms with Crippen LogP contribution in [0.3, 0.4) is 0 Å². The number of ether oxygens (including phenoxy) is 4. The fraction of sp³-hybridized carbons (Fsp3) is 0.711. The molecule has 102 heavy (non-hydrogen) atoms. The van der Waals surface area contributed by atoms with Gasteiger partial charge < -0.3 is 33.8 Å². The van der Waals surface area contributed by atoms with Crippen LogP contribution in [0.1, 0.15) is 323 Å². The van der Waals surface area contributed by atoms with Gasteiger partial charge in [-0.25, -0.2) is 9.13 Å². The van der Waals surface area contributed by atoms with E-state index in [2.05, 4.69) is 149 Å². The molecule has 0 spiro atoms. The normalized spacial score (nSPS) is 14.5. The number of unbranched alkanes of at least 4 members (excludes halogenated alkanes) is 28. The van der Waals surface area contributed by atoms with E-state index in [1.54, 1.807) is 0 Å². The van der Waals surface area contributed by atoms with Crippen LogP contribution in [0.4, 0.5) is 0 Å². The summed E-state index contributed by atoms with van der Waals surface area (Å²) in [5, 5.41) is 10.6. The second-order valence-corrected chi connectivity index (χ2v) is 29.2. The minimum atomic E-state index is -4.99. The van der Waals surface area contributed by atoms with Crippen molar-refractivity contribution < 1.29 is 80.2 Å². The molecular formula is C83H142O17P2. The second-order valence-electron chi connectivity index (χ2n) is 26.3. The van der Waals surface area contributed by atoms with Crippen molar-refractivity contribution >= 4 is 39.5 Å². The van der Waals surface area contributed by atoms with E-state index < -0.39 is 97.5 Å². The number of aliphatic hydroxyl groups is 1. The van der Waals surface area contributed by atoms with Crippen LogP contribution in [0.25, 0.3) is 0 Å². The third kappa shape index (κ3) is 73.8. The molecule has 19 heteroatoms. The first-order valence-corrected chi connectivity index (χ1v) is 42.8. The first-order chi connectivity index (χ1) is 49.7. The predicted octanol–water partition coefficient (Wildman–Crippen LogP) is 23.1. The fourth-order valence-corrected chi connectivity index (χ4v) is 11.9. The van der Waals surface area contributed by atoms with Crippen molar-refractivity contribution in [2.24, 2.45) is 0 Å². The lowest BCUT2D eigenvalue weighted by atomic mass is 10.1. The molecule has 5 unspecified atom stereocenters. The van der Waals surface area contributed by atoms with E-state index in [1.807, 2.05) is 0 Å². The Kier molecular flexibility index (Phi) is 71.4. The quantitative estimate of drug-likeness (QED) is 0.0169. The largest absolute Gasteiger partial charge is 0.472 e. The Labute approximate surface area is 619 Å². The highest BCUT2D eigenvalue weighted by Crippen LogP contribution is 2.45. The van der Waals surface area contributed by atoms with Crippen molar-refractivity contribution in [2.45, 2.75) is 341 Å². The molecule has 0 saturated heterocycles. The number of rotatable bonds is 74. The van der Waals surface area contributed by atoms with Gasteiger partial charge in [0.15, 0.2) is 12.2 Å². The summed E-state index contributed by atoms with van der Waals surface area (Å²) in [6.45, 7) is 4.62. The van der Waals surface area contributed by atoms with E-state index in [0.29, 0.717) is 25.7 Å². The van der Waals surface area contributed by atoms with Crippen molar-refractivity contribution in [3.63, 3.8) is 0 Å². The van der Waals surface area contributed by atoms with E-state index in [9.17, 15) is 43.2 Å². The van der Waals surface area contributed by atoms with E-state index in [4.69, 9.17) is 37.0 Å². The Morgan fingerprint density at radius 1 is 0.284 bits per heavy atom. The highest BCUT2D eigenvalue weighted by Gasteiger charge is 2.30. The third-order valence-electron chi connectivity index (χ3n) is 16.4. The van der Waals surface area contributed by atoms with Crippen LogP contribution in [0, 0.1) is 0 Å². The Morgan fingerprint density at radius 2 is 0.520 bits per heavy atom. The van der Waals surface area contributed by atoms with Crippen LogP contribution >= 0.6 is 15.6 Å². The molecule has 0 amide bonds. The van der Waals surface area contributed by atoms with Gasteiger partial charge in [0, 0.05) is 25.7 Å². The Morgan fingerprint density at radius 3 is 0.853 bits per heavy atom. The number of hydrogen-bond donors (Lipinski definition) is 3. The van der Waals surface area contributed by atoms with Gasteiger partial charge in [-0.2, -0.15) is 0 Å². The minimum absolute atomic E-state index is 0.0752. The van der Waals surface area contributed by atoms with Gasteiger partial charge in [0.2, 0.25) is 0 Å². The van der Waals surface area contributed by atoms with Gasteiger partial charge in [-0.15, -0.1) is 0 Å². The molecule has 0 aromatic rings. The minimum Gasteiger partial charge on any atom is -0.462 e. The molecule has 0 aliphatic carbocycles. The van der Waals surface area contributed by atoms with Crippen LogP contribution in [0.15, 0.2) is 122 Å². The molecular weight excluding hydrogens is 1330 g/mol. The molecule has 0 heterocycles. The maximum Gasteiger partial charge on any atom is 0.472 e. The third-order valence-corrected chi connectivity index (χ3v) is 18.3. The van der Waals surface area contributed by atoms with Crippen molar-refractivity contribution in [3.8, 4) is 0 Å². The van der Waals surface area contributed by atoms with Gasteiger partial charge in [0.1, 0.15) is 19.3 Å². The summed E-state index contributed by atoms with van der Waals surface area (Å²) in [5.74, 6) is -2.24. The van der Waals surface area contributed by atoms with Crippen LogP contribution in [0.5, 0.6) is 0 Å². The number of phosphoric ester groups is 2. The Balaban J connectivity index is 5.34. The van der Waals surface area contributed by atoms with E-state index in [0.717, 1.165) is 186 Å². The second kappa shape index (κ2) is 74.7. The highest BCUT2D eigenvalue weighted by molar-refractivity contribution is 7.47. The molecule has 3 N–H and O–H groups in total. The first kappa shape index (κ1) is 97.5. The Bertz CT molecular complexity index is 2410. The summed E-state index contributed by atoms with van der Waals surface area (Å²) in [7, 11) is -9.97. The zero-order valence-electron chi connectivity index (χ0n) is 64.0. The van der Waals surface area contributed by atoms with Crippen molar-refractivity contribution in [2.75, 3.05) is 39.6 Å². The van der Waals surface area contributed by atoms with Gasteiger partial charge in [-0.05, 0) is 154 Å². The summed E-state index contributed by atoms with van der Waals surface area (Å²) >= 11 is 0. The molecule has 0 aromatic heterocycles. The zero-order valence-corrected chi connectivity index (χ0v) is 65.8. The highest BCUT2D eigenvalue weighted by atomic mass is 31.2. The fourth-order valence-electron chi connectivity index (χ4n) is 10.3. The average molecular weight is 1470 g/mol. The van der Waals surface area contributed by atoms with Crippen LogP contribution in [0.2, 0.25) is 0 Å². The number of hydrogen-bond acceptors (Lipinski definition) is 15. The molecule has 17 nitrogen and oxygen atoms in total. The molecule has 0 rings (SSSR count). The number of phosphoric acid groups is 2. The summed E-state index contributed by atoms with van der Waals surface area (Å²) < 4.78 is 68.5. The van der Waals surface area contributed by atoms with Gasteiger partial charge >= 0.3 is 39.5 Å². The molecule has 5 atom stereocenters. The molecule has 586 valence electrons. The van der Waals surface area contributed by atoms with E-state index in [1.165, 1.54) is 57.8 Å². The Hall–Kier alpha value is -4.54. The van der Waals surface area contributed by atoms with Crippen molar-refractivity contribution in [1.29, 1.82) is 0 Å². The number of allylic oxidation sites excluding steroid dienone is 20. The lowest BCUT2D eigenvalue weighted by Crippen LogP contribution is -2.30. The average Bonchev–Trinajstić information content (AvgIpc) is 0.907. The number of esters is 4. The molecule has 0 bridgehead atoms. The van der Waals surface area contributed by atoms with E-state index >= 15 is 0 Å². The SMILES string of the molecule is CC/C=C\C/C=C\C/C=C\C/C=C\C/C=C\CCCCCC(=O)OCC(COP(=O)(O)OCC(O)COP(=O)(O)OCC(COC(=O)CCCCCCCC/C=C\C/C=C\C/C=C\CCCCC)OC(=O)CCCCCCC/C=C\CCCC)OC(=O)CCCCCCC/C=C\CCCCCC. The van der Waals surface area contributed by atoms with Crippen LogP contribution in [-0.4, -0.2) is 96.7 Å². The number of carbonyl (C=O) groups excluding carboxylic acids is 4. The number of aliphatic hydroxyl groups excluding tert-OH is 1. The number of carbonyl (C=O) groups is 4. The molecule has 0 aliphatic heterocycles. The summed E-state index contributed by atoms with van der Waals surface area (Å²) in [4.78, 5) is 72.9. The standard InChI is InChI=1S/C83H142O17P2/c1-5-9-13-17-21-25-29-32-34-36-38-40-42-45-48-51-55-59-63-67-80(85)93-73-78(99-82(87)69-65-61-57-53-47-28-24-20-16-12-8-4)75-97-101(89,90)95-71-77(84)72-96-102(91,92)98-76-79(100-83(88)70-66-62-58-54-50-44-31-27-23-19-15-11-7-3)74-94-81(86)68-64-60-56-52-49-46-43-41-39-37-35-33-30-26-22-18-14-10-6-2/h10,14,20-22,24-27,31-35,38-41,46,49,77-79,84H,5-9,11-13,15-19,23,28-30,36-37,42-45,47-48,50-76H2,1-4H3,(H,89,90)(H,91,92)/b14-10-,24-20-,25-21-,26-22-,31-27-,34-32-,35-33-,40-38-,41-39-,49-46-. The summed E-state index contributed by atoms with van der Waals surface area (Å²) in [6.07, 6.45) is 81.8. The molecule has 0 radical (unpaired) electrons. The topological polar surface area (TPSA) is 237 Å². The van der Waals surface area contributed by atoms with Crippen LogP contribution in [-0.2, 0) is 65.4 Å². The van der Waals surface area contributed by atoms with E-state index in [-0.39, 0.29) is 25.7 Å². The summed E-state index contributed by atoms with van der Waals surface area (Å²) in [5.41, 5.74) is 0. The van der Waals surface area contributed by atoms with Gasteiger partial charge in [0.25, 0.3) is 0 Å². The maximum absolute atomic E-state index is 13.1. The van der Waals surface area contributed by atoms with Gasteiger partial charge in [0.05, 0.1) is 26.4 Å². The smallest absolute Gasteiger partial charge is 0.462 e. The maximum atomic E-state index is 13.1. The molecule has 0 aliphatic rings. The first-order valence-electron chi connectivity index (χ1n) is 39.8. The van der Waals surface area contributed by atoms with Gasteiger partial charge in [-0.1, -0.05) is 265 Å². The van der Waals surface area contributed by atoms with Crippen molar-refractivity contribution in [1.82, 2.24) is 0 Å². The molecule has 0 aromatic carbocycles. The summed E-state index contributed by atoms with van der Waals surface area (Å²) in [6, 6.07) is 0. The zero-order chi connectivity index (χ0) is 74.6.